The SMILES string of the molecule is O=C(c1cnc(Cl)cn1)N1CCCCCC1CO. The van der Waals surface area contributed by atoms with Gasteiger partial charge in [0.05, 0.1) is 25.0 Å². The van der Waals surface area contributed by atoms with Crippen molar-refractivity contribution < 1.29 is 9.90 Å². The summed E-state index contributed by atoms with van der Waals surface area (Å²) in [5, 5.41) is 9.64. The first-order valence-electron chi connectivity index (χ1n) is 6.11. The van der Waals surface area contributed by atoms with Crippen LogP contribution in [0, 0.1) is 0 Å². The number of aliphatic hydroxyl groups is 1. The molecular formula is C12H16ClN3O2. The van der Waals surface area contributed by atoms with E-state index in [9.17, 15) is 9.90 Å². The van der Waals surface area contributed by atoms with Gasteiger partial charge in [-0.1, -0.05) is 24.4 Å². The first-order valence-corrected chi connectivity index (χ1v) is 6.49. The quantitative estimate of drug-likeness (QED) is 0.884. The molecule has 2 heterocycles. The average Bonchev–Trinajstić information content (AvgIpc) is 2.63. The third-order valence-corrected chi connectivity index (χ3v) is 3.38. The number of carbonyl (C=O) groups is 1. The number of halogens is 1. The molecule has 18 heavy (non-hydrogen) atoms. The maximum Gasteiger partial charge on any atom is 0.274 e. The van der Waals surface area contributed by atoms with Gasteiger partial charge in [-0.2, -0.15) is 0 Å². The van der Waals surface area contributed by atoms with Gasteiger partial charge in [0.15, 0.2) is 0 Å². The van der Waals surface area contributed by atoms with Crippen molar-refractivity contribution in [3.63, 3.8) is 0 Å². The fourth-order valence-corrected chi connectivity index (χ4v) is 2.30. The number of likely N-dealkylation sites (tertiary alicyclic amines) is 1. The Morgan fingerprint density at radius 3 is 2.89 bits per heavy atom. The van der Waals surface area contributed by atoms with Crippen LogP contribution in [0.4, 0.5) is 0 Å². The van der Waals surface area contributed by atoms with Crippen LogP contribution < -0.4 is 0 Å². The molecular weight excluding hydrogens is 254 g/mol. The molecule has 1 fully saturated rings. The summed E-state index contributed by atoms with van der Waals surface area (Å²) >= 11 is 5.65. The third-order valence-electron chi connectivity index (χ3n) is 3.19. The first kappa shape index (κ1) is 13.2. The van der Waals surface area contributed by atoms with Crippen LogP contribution in [0.1, 0.15) is 36.2 Å². The van der Waals surface area contributed by atoms with Gasteiger partial charge in [0.25, 0.3) is 5.91 Å². The molecule has 1 atom stereocenters. The summed E-state index contributed by atoms with van der Waals surface area (Å²) in [6.45, 7) is 0.654. The van der Waals surface area contributed by atoms with Crippen LogP contribution in [0.2, 0.25) is 5.15 Å². The Morgan fingerprint density at radius 1 is 1.39 bits per heavy atom. The van der Waals surface area contributed by atoms with Crippen LogP contribution in [0.15, 0.2) is 12.4 Å². The molecule has 0 radical (unpaired) electrons. The van der Waals surface area contributed by atoms with Crippen LogP contribution in [-0.4, -0.2) is 45.1 Å². The molecule has 0 aromatic carbocycles. The zero-order valence-corrected chi connectivity index (χ0v) is 10.8. The van der Waals surface area contributed by atoms with E-state index in [0.29, 0.717) is 6.54 Å². The zero-order chi connectivity index (χ0) is 13.0. The highest BCUT2D eigenvalue weighted by atomic mass is 35.5. The standard InChI is InChI=1S/C12H16ClN3O2/c13-11-7-14-10(6-15-11)12(18)16-5-3-1-2-4-9(16)8-17/h6-7,9,17H,1-5,8H2. The van der Waals surface area contributed by atoms with Gasteiger partial charge in [-0.3, -0.25) is 4.79 Å². The number of aliphatic hydroxyl groups excluding tert-OH is 1. The minimum atomic E-state index is -0.180. The van der Waals surface area contributed by atoms with Gasteiger partial charge in [0.1, 0.15) is 10.8 Å². The van der Waals surface area contributed by atoms with E-state index in [1.807, 2.05) is 0 Å². The Hall–Kier alpha value is -1.20. The summed E-state index contributed by atoms with van der Waals surface area (Å²) < 4.78 is 0. The van der Waals surface area contributed by atoms with Crippen LogP contribution >= 0.6 is 11.6 Å². The van der Waals surface area contributed by atoms with Crippen LogP contribution in [0.5, 0.6) is 0 Å². The molecule has 98 valence electrons. The number of carbonyl (C=O) groups excluding carboxylic acids is 1. The molecule has 2 rings (SSSR count). The Kier molecular flexibility index (Phi) is 4.49. The summed E-state index contributed by atoms with van der Waals surface area (Å²) in [7, 11) is 0. The van der Waals surface area contributed by atoms with Crippen molar-refractivity contribution in [3.05, 3.63) is 23.2 Å². The number of aromatic nitrogens is 2. The maximum absolute atomic E-state index is 12.3. The molecule has 0 bridgehead atoms. The molecule has 1 aromatic rings. The van der Waals surface area contributed by atoms with Crippen LogP contribution in [0.25, 0.3) is 0 Å². The number of rotatable bonds is 2. The third kappa shape index (κ3) is 2.97. The van der Waals surface area contributed by atoms with Crippen molar-refractivity contribution in [2.24, 2.45) is 0 Å². The second-order valence-corrected chi connectivity index (χ2v) is 4.80. The second-order valence-electron chi connectivity index (χ2n) is 4.41. The highest BCUT2D eigenvalue weighted by molar-refractivity contribution is 6.29. The van der Waals surface area contributed by atoms with Gasteiger partial charge in [-0.15, -0.1) is 0 Å². The molecule has 1 aromatic heterocycles. The Bertz CT molecular complexity index is 410. The van der Waals surface area contributed by atoms with E-state index in [4.69, 9.17) is 11.6 Å². The summed E-state index contributed by atoms with van der Waals surface area (Å²) in [5.41, 5.74) is 0.278. The lowest BCUT2D eigenvalue weighted by Crippen LogP contribution is -2.42. The minimum absolute atomic E-state index is 0.00718. The number of nitrogens with zero attached hydrogens (tertiary/aromatic N) is 3. The van der Waals surface area contributed by atoms with Gasteiger partial charge < -0.3 is 10.0 Å². The van der Waals surface area contributed by atoms with Crippen molar-refractivity contribution in [1.82, 2.24) is 14.9 Å². The van der Waals surface area contributed by atoms with Gasteiger partial charge in [-0.25, -0.2) is 9.97 Å². The largest absolute Gasteiger partial charge is 0.394 e. The fourth-order valence-electron chi connectivity index (χ4n) is 2.20. The zero-order valence-electron chi connectivity index (χ0n) is 10.0. The van der Waals surface area contributed by atoms with Gasteiger partial charge in [0, 0.05) is 6.54 Å². The van der Waals surface area contributed by atoms with Crippen LogP contribution in [-0.2, 0) is 0 Å². The fraction of sp³-hybridized carbons (Fsp3) is 0.583. The molecule has 0 aliphatic carbocycles. The van der Waals surface area contributed by atoms with E-state index in [1.54, 1.807) is 4.90 Å². The second kappa shape index (κ2) is 6.11. The molecule has 1 amide bonds. The predicted octanol–water partition coefficient (Wildman–Crippen LogP) is 1.51. The van der Waals surface area contributed by atoms with E-state index in [-0.39, 0.29) is 29.4 Å². The van der Waals surface area contributed by atoms with Gasteiger partial charge in [-0.05, 0) is 12.8 Å². The summed E-state index contributed by atoms with van der Waals surface area (Å²) in [4.78, 5) is 21.8. The number of hydrogen-bond donors (Lipinski definition) is 1. The van der Waals surface area contributed by atoms with E-state index in [0.717, 1.165) is 25.7 Å². The molecule has 1 N–H and O–H groups in total. The lowest BCUT2D eigenvalue weighted by molar-refractivity contribution is 0.0593. The first-order chi connectivity index (χ1) is 8.72. The lowest BCUT2D eigenvalue weighted by Gasteiger charge is -2.28. The molecule has 1 unspecified atom stereocenters. The summed E-state index contributed by atoms with van der Waals surface area (Å²) in [6.07, 6.45) is 6.67. The van der Waals surface area contributed by atoms with Crippen LogP contribution in [0.3, 0.4) is 0 Å². The number of amides is 1. The number of hydrogen-bond acceptors (Lipinski definition) is 4. The molecule has 1 aliphatic heterocycles. The van der Waals surface area contributed by atoms with Gasteiger partial charge >= 0.3 is 0 Å². The topological polar surface area (TPSA) is 66.3 Å². The summed E-state index contributed by atoms with van der Waals surface area (Å²) in [5.74, 6) is -0.180. The molecule has 1 saturated heterocycles. The highest BCUT2D eigenvalue weighted by Gasteiger charge is 2.26. The normalized spacial score (nSPS) is 20.6. The maximum atomic E-state index is 12.3. The van der Waals surface area contributed by atoms with Crippen molar-refractivity contribution >= 4 is 17.5 Å². The van der Waals surface area contributed by atoms with E-state index >= 15 is 0 Å². The predicted molar refractivity (Wildman–Crippen MR) is 67.4 cm³/mol. The van der Waals surface area contributed by atoms with E-state index in [2.05, 4.69) is 9.97 Å². The Labute approximate surface area is 111 Å². The van der Waals surface area contributed by atoms with E-state index in [1.165, 1.54) is 12.4 Å². The smallest absolute Gasteiger partial charge is 0.274 e. The van der Waals surface area contributed by atoms with Crippen molar-refractivity contribution in [3.8, 4) is 0 Å². The average molecular weight is 270 g/mol. The monoisotopic (exact) mass is 269 g/mol. The highest BCUT2D eigenvalue weighted by Crippen LogP contribution is 2.18. The molecule has 5 nitrogen and oxygen atoms in total. The molecule has 0 saturated carbocycles. The molecule has 1 aliphatic rings. The minimum Gasteiger partial charge on any atom is -0.394 e. The van der Waals surface area contributed by atoms with E-state index < -0.39 is 0 Å². The van der Waals surface area contributed by atoms with Crippen molar-refractivity contribution in [1.29, 1.82) is 0 Å². The molecule has 0 spiro atoms. The van der Waals surface area contributed by atoms with Crippen molar-refractivity contribution in [2.75, 3.05) is 13.2 Å². The summed E-state index contributed by atoms with van der Waals surface area (Å²) in [6, 6.07) is -0.113. The van der Waals surface area contributed by atoms with Gasteiger partial charge in [0.2, 0.25) is 0 Å². The molecule has 6 heteroatoms. The van der Waals surface area contributed by atoms with Crippen molar-refractivity contribution in [2.45, 2.75) is 31.7 Å². The lowest BCUT2D eigenvalue weighted by atomic mass is 10.1. The Balaban J connectivity index is 2.17. The Morgan fingerprint density at radius 2 is 2.22 bits per heavy atom.